The lowest BCUT2D eigenvalue weighted by Gasteiger charge is -2.51. The van der Waals surface area contributed by atoms with Crippen LogP contribution in [0.5, 0.6) is 0 Å². The predicted octanol–water partition coefficient (Wildman–Crippen LogP) is 4.16. The zero-order chi connectivity index (χ0) is 27.4. The van der Waals surface area contributed by atoms with Crippen LogP contribution in [0.2, 0.25) is 0 Å². The third kappa shape index (κ3) is 5.78. The third-order valence-electron chi connectivity index (χ3n) is 9.13. The summed E-state index contributed by atoms with van der Waals surface area (Å²) in [6, 6.07) is 9.64. The Kier molecular flexibility index (Phi) is 8.72. The van der Waals surface area contributed by atoms with Gasteiger partial charge in [0.1, 0.15) is 11.6 Å². The number of hydrogen-bond acceptors (Lipinski definition) is 5. The molecule has 0 radical (unpaired) electrons. The van der Waals surface area contributed by atoms with Crippen LogP contribution in [0.1, 0.15) is 75.2 Å². The summed E-state index contributed by atoms with van der Waals surface area (Å²) in [4.78, 5) is 31.5. The fourth-order valence-corrected chi connectivity index (χ4v) is 6.77. The van der Waals surface area contributed by atoms with Gasteiger partial charge in [0.15, 0.2) is 0 Å². The maximum absolute atomic E-state index is 13.6. The van der Waals surface area contributed by atoms with Gasteiger partial charge in [-0.05, 0) is 64.0 Å². The molecule has 5 rings (SSSR count). The zero-order valence-electron chi connectivity index (χ0n) is 24.0. The van der Waals surface area contributed by atoms with E-state index in [1.54, 1.807) is 0 Å². The van der Waals surface area contributed by atoms with Crippen LogP contribution in [-0.2, 0) is 20.9 Å². The zero-order valence-corrected chi connectivity index (χ0v) is 24.0. The number of aromatic nitrogens is 2. The minimum atomic E-state index is -0.762. The molecule has 3 heterocycles. The average Bonchev–Trinajstić information content (AvgIpc) is 3.24. The van der Waals surface area contributed by atoms with Crippen LogP contribution in [0, 0.1) is 19.8 Å². The predicted molar refractivity (Wildman–Crippen MR) is 152 cm³/mol. The van der Waals surface area contributed by atoms with Gasteiger partial charge in [-0.1, -0.05) is 44.4 Å². The van der Waals surface area contributed by atoms with Gasteiger partial charge in [0, 0.05) is 44.0 Å². The Labute approximate surface area is 233 Å². The van der Waals surface area contributed by atoms with E-state index in [9.17, 15) is 9.59 Å². The first-order valence-electron chi connectivity index (χ1n) is 15.0. The Morgan fingerprint density at radius 2 is 1.74 bits per heavy atom. The fourth-order valence-electron chi connectivity index (χ4n) is 6.77. The van der Waals surface area contributed by atoms with Crippen LogP contribution in [0.3, 0.4) is 0 Å². The molecule has 2 amide bonds. The van der Waals surface area contributed by atoms with Crippen molar-refractivity contribution >= 4 is 11.8 Å². The van der Waals surface area contributed by atoms with Gasteiger partial charge in [0.2, 0.25) is 11.8 Å². The SMILES string of the molecule is CCCN1C(=O)C(COCC2CCCCC2)NC(=O)C12CCN(Cc1c(C)nn(-c3ccccc3)c1C)CC2. The molecule has 8 heteroatoms. The van der Waals surface area contributed by atoms with E-state index in [4.69, 9.17) is 9.84 Å². The number of hydrogen-bond donors (Lipinski definition) is 1. The summed E-state index contributed by atoms with van der Waals surface area (Å²) < 4.78 is 8.01. The molecule has 1 atom stereocenters. The number of nitrogens with one attached hydrogen (secondary N) is 1. The number of amides is 2. The Morgan fingerprint density at radius 3 is 2.44 bits per heavy atom. The summed E-state index contributed by atoms with van der Waals surface area (Å²) in [6.07, 6.45) is 8.39. The first-order chi connectivity index (χ1) is 18.9. The number of rotatable bonds is 9. The van der Waals surface area contributed by atoms with Crippen LogP contribution >= 0.6 is 0 Å². The lowest BCUT2D eigenvalue weighted by atomic mass is 9.81. The van der Waals surface area contributed by atoms with Gasteiger partial charge in [0.25, 0.3) is 0 Å². The number of likely N-dealkylation sites (tertiary alicyclic amines) is 1. The van der Waals surface area contributed by atoms with E-state index in [0.717, 1.165) is 43.1 Å². The molecule has 1 spiro atoms. The molecule has 212 valence electrons. The molecule has 1 aliphatic carbocycles. The quantitative estimate of drug-likeness (QED) is 0.522. The maximum atomic E-state index is 13.6. The second-order valence-corrected chi connectivity index (χ2v) is 11.8. The minimum Gasteiger partial charge on any atom is -0.378 e. The number of carbonyl (C=O) groups excluding carboxylic acids is 2. The van der Waals surface area contributed by atoms with Crippen molar-refractivity contribution in [3.63, 3.8) is 0 Å². The summed E-state index contributed by atoms with van der Waals surface area (Å²) in [7, 11) is 0. The van der Waals surface area contributed by atoms with Gasteiger partial charge in [0.05, 0.1) is 18.0 Å². The van der Waals surface area contributed by atoms with Gasteiger partial charge >= 0.3 is 0 Å². The Bertz CT molecular complexity index is 1130. The highest BCUT2D eigenvalue weighted by atomic mass is 16.5. The summed E-state index contributed by atoms with van der Waals surface area (Å²) in [5.41, 5.74) is 3.72. The smallest absolute Gasteiger partial charge is 0.248 e. The normalized spacial score (nSPS) is 22.4. The van der Waals surface area contributed by atoms with Crippen molar-refractivity contribution in [2.24, 2.45) is 5.92 Å². The van der Waals surface area contributed by atoms with E-state index >= 15 is 0 Å². The van der Waals surface area contributed by atoms with Crippen molar-refractivity contribution in [3.05, 3.63) is 47.3 Å². The van der Waals surface area contributed by atoms with Crippen LogP contribution < -0.4 is 5.32 Å². The number of ether oxygens (including phenoxy) is 1. The largest absolute Gasteiger partial charge is 0.378 e. The molecule has 1 N–H and O–H groups in total. The number of nitrogens with zero attached hydrogens (tertiary/aromatic N) is 4. The Hall–Kier alpha value is -2.71. The Balaban J connectivity index is 1.22. The van der Waals surface area contributed by atoms with Crippen LogP contribution in [-0.4, -0.2) is 75.8 Å². The number of para-hydroxylation sites is 1. The number of carbonyl (C=O) groups is 2. The van der Waals surface area contributed by atoms with Gasteiger partial charge in [-0.3, -0.25) is 14.5 Å². The summed E-state index contributed by atoms with van der Waals surface area (Å²) in [5, 5.41) is 7.88. The molecular weight excluding hydrogens is 490 g/mol. The third-order valence-corrected chi connectivity index (χ3v) is 9.13. The van der Waals surface area contributed by atoms with E-state index in [2.05, 4.69) is 43.1 Å². The number of benzene rings is 1. The molecule has 2 aromatic rings. The van der Waals surface area contributed by atoms with Gasteiger partial charge in [-0.15, -0.1) is 0 Å². The summed E-state index contributed by atoms with van der Waals surface area (Å²) in [5.74, 6) is 0.595. The summed E-state index contributed by atoms with van der Waals surface area (Å²) in [6.45, 7) is 10.2. The Morgan fingerprint density at radius 1 is 1.03 bits per heavy atom. The molecule has 39 heavy (non-hydrogen) atoms. The molecule has 3 fully saturated rings. The average molecular weight is 536 g/mol. The number of piperazine rings is 1. The first-order valence-corrected chi connectivity index (χ1v) is 15.0. The van der Waals surface area contributed by atoms with E-state index in [1.165, 1.54) is 37.7 Å². The van der Waals surface area contributed by atoms with Crippen molar-refractivity contribution in [2.75, 3.05) is 32.8 Å². The monoisotopic (exact) mass is 535 g/mol. The topological polar surface area (TPSA) is 79.7 Å². The van der Waals surface area contributed by atoms with E-state index in [-0.39, 0.29) is 18.4 Å². The van der Waals surface area contributed by atoms with E-state index in [1.807, 2.05) is 27.8 Å². The van der Waals surface area contributed by atoms with Crippen molar-refractivity contribution < 1.29 is 14.3 Å². The highest BCUT2D eigenvalue weighted by Crippen LogP contribution is 2.34. The lowest BCUT2D eigenvalue weighted by Crippen LogP contribution is -2.73. The molecule has 8 nitrogen and oxygen atoms in total. The van der Waals surface area contributed by atoms with Gasteiger partial charge < -0.3 is 15.0 Å². The van der Waals surface area contributed by atoms with Crippen molar-refractivity contribution in [2.45, 2.75) is 90.3 Å². The maximum Gasteiger partial charge on any atom is 0.248 e. The fraction of sp³-hybridized carbons (Fsp3) is 0.645. The summed E-state index contributed by atoms with van der Waals surface area (Å²) >= 11 is 0. The van der Waals surface area contributed by atoms with Crippen molar-refractivity contribution in [1.29, 1.82) is 0 Å². The standard InChI is InChI=1S/C31H45N5O3/c1-4-17-35-29(37)28(22-39-21-25-11-7-5-8-12-25)32-30(38)31(35)15-18-34(19-16-31)20-27-23(2)33-36(24(27)3)26-13-9-6-10-14-26/h6,9-10,13-14,25,28H,4-5,7-8,11-12,15-22H2,1-3H3,(H,32,38). The van der Waals surface area contributed by atoms with Crippen LogP contribution in [0.25, 0.3) is 5.69 Å². The van der Waals surface area contributed by atoms with Gasteiger partial charge in [-0.2, -0.15) is 5.10 Å². The minimum absolute atomic E-state index is 0.00859. The molecule has 3 aliphatic rings. The second kappa shape index (κ2) is 12.2. The van der Waals surface area contributed by atoms with E-state index < -0.39 is 11.6 Å². The molecule has 1 unspecified atom stereocenters. The second-order valence-electron chi connectivity index (χ2n) is 11.8. The number of piperidine rings is 1. The van der Waals surface area contributed by atoms with Crippen LogP contribution in [0.15, 0.2) is 30.3 Å². The molecular formula is C31H45N5O3. The molecule has 2 aliphatic heterocycles. The van der Waals surface area contributed by atoms with Crippen LogP contribution in [0.4, 0.5) is 0 Å². The molecule has 2 saturated heterocycles. The number of aryl methyl sites for hydroxylation is 1. The van der Waals surface area contributed by atoms with Crippen molar-refractivity contribution in [1.82, 2.24) is 24.9 Å². The molecule has 0 bridgehead atoms. The van der Waals surface area contributed by atoms with Crippen molar-refractivity contribution in [3.8, 4) is 5.69 Å². The molecule has 1 saturated carbocycles. The highest BCUT2D eigenvalue weighted by Gasteiger charge is 2.53. The molecule has 1 aromatic carbocycles. The van der Waals surface area contributed by atoms with Gasteiger partial charge in [-0.25, -0.2) is 4.68 Å². The lowest BCUT2D eigenvalue weighted by molar-refractivity contribution is -0.163. The first kappa shape index (κ1) is 27.8. The van der Waals surface area contributed by atoms with E-state index in [0.29, 0.717) is 31.9 Å². The highest BCUT2D eigenvalue weighted by molar-refractivity contribution is 6.00. The molecule has 1 aromatic heterocycles.